The maximum absolute atomic E-state index is 5.66. The van der Waals surface area contributed by atoms with E-state index in [1.807, 2.05) is 13.1 Å². The third-order valence-corrected chi connectivity index (χ3v) is 6.20. The Bertz CT molecular complexity index is 671. The minimum absolute atomic E-state index is 0. The molecule has 28 heavy (non-hydrogen) atoms. The van der Waals surface area contributed by atoms with E-state index < -0.39 is 0 Å². The van der Waals surface area contributed by atoms with Gasteiger partial charge in [0.25, 0.3) is 0 Å². The highest BCUT2D eigenvalue weighted by Gasteiger charge is 2.36. The van der Waals surface area contributed by atoms with E-state index in [-0.39, 0.29) is 29.4 Å². The van der Waals surface area contributed by atoms with Crippen molar-refractivity contribution in [2.24, 2.45) is 4.99 Å². The first-order chi connectivity index (χ1) is 13.3. The van der Waals surface area contributed by atoms with Crippen molar-refractivity contribution in [3.8, 4) is 11.5 Å². The number of nitrogens with zero attached hydrogens (tertiary/aromatic N) is 1. The molecular formula is C21H32IN3O3. The summed E-state index contributed by atoms with van der Waals surface area (Å²) in [5.41, 5.74) is 1.30. The summed E-state index contributed by atoms with van der Waals surface area (Å²) >= 11 is 0. The van der Waals surface area contributed by atoms with Crippen LogP contribution in [0.3, 0.4) is 0 Å². The van der Waals surface area contributed by atoms with E-state index in [0.717, 1.165) is 50.1 Å². The number of rotatable bonds is 4. The summed E-state index contributed by atoms with van der Waals surface area (Å²) in [7, 11) is 1.86. The normalized spacial score (nSPS) is 21.7. The first-order valence-electron chi connectivity index (χ1n) is 10.2. The maximum Gasteiger partial charge on any atom is 0.231 e. The zero-order valence-corrected chi connectivity index (χ0v) is 19.0. The summed E-state index contributed by atoms with van der Waals surface area (Å²) in [5, 5.41) is 7.22. The van der Waals surface area contributed by atoms with Gasteiger partial charge in [-0.15, -0.1) is 24.0 Å². The van der Waals surface area contributed by atoms with Crippen LogP contribution >= 0.6 is 24.0 Å². The third-order valence-electron chi connectivity index (χ3n) is 6.20. The summed E-state index contributed by atoms with van der Waals surface area (Å²) in [6, 6.07) is 6.90. The number of nitrogens with one attached hydrogen (secondary N) is 2. The van der Waals surface area contributed by atoms with E-state index in [0.29, 0.717) is 12.8 Å². The molecule has 1 aromatic carbocycles. The van der Waals surface area contributed by atoms with Gasteiger partial charge in [-0.1, -0.05) is 25.3 Å². The molecule has 1 aromatic rings. The van der Waals surface area contributed by atoms with Gasteiger partial charge in [0.05, 0.1) is 0 Å². The smallest absolute Gasteiger partial charge is 0.231 e. The molecule has 0 aromatic heterocycles. The molecule has 0 spiro atoms. The largest absolute Gasteiger partial charge is 0.454 e. The van der Waals surface area contributed by atoms with Crippen LogP contribution in [0.5, 0.6) is 11.5 Å². The Labute approximate surface area is 184 Å². The molecule has 0 unspecified atom stereocenters. The monoisotopic (exact) mass is 501 g/mol. The van der Waals surface area contributed by atoms with E-state index in [4.69, 9.17) is 14.2 Å². The van der Waals surface area contributed by atoms with E-state index in [1.54, 1.807) is 0 Å². The maximum atomic E-state index is 5.66. The van der Waals surface area contributed by atoms with Crippen LogP contribution in [0, 0.1) is 0 Å². The highest BCUT2D eigenvalue weighted by Crippen LogP contribution is 2.40. The highest BCUT2D eigenvalue weighted by molar-refractivity contribution is 14.0. The number of benzene rings is 1. The number of aliphatic imine (C=N–C) groups is 1. The molecule has 2 fully saturated rings. The first kappa shape index (κ1) is 21.5. The fraction of sp³-hybridized carbons (Fsp3) is 0.667. The van der Waals surface area contributed by atoms with Crippen molar-refractivity contribution in [3.63, 3.8) is 0 Å². The lowest BCUT2D eigenvalue weighted by Gasteiger charge is -2.38. The zero-order valence-electron chi connectivity index (χ0n) is 16.7. The molecule has 6 nitrogen and oxygen atoms in total. The van der Waals surface area contributed by atoms with Crippen molar-refractivity contribution in [2.75, 3.05) is 33.6 Å². The fourth-order valence-corrected chi connectivity index (χ4v) is 4.44. The van der Waals surface area contributed by atoms with Crippen LogP contribution in [0.15, 0.2) is 23.2 Å². The van der Waals surface area contributed by atoms with E-state index in [2.05, 4.69) is 27.8 Å². The average Bonchev–Trinajstić information content (AvgIpc) is 3.20. The Hall–Kier alpha value is -1.22. The highest BCUT2D eigenvalue weighted by atomic mass is 127. The van der Waals surface area contributed by atoms with Crippen LogP contribution in [0.25, 0.3) is 0 Å². The van der Waals surface area contributed by atoms with Crippen molar-refractivity contribution in [1.29, 1.82) is 0 Å². The molecule has 1 saturated heterocycles. The molecule has 0 bridgehead atoms. The topological polar surface area (TPSA) is 64.1 Å². The predicted molar refractivity (Wildman–Crippen MR) is 121 cm³/mol. The van der Waals surface area contributed by atoms with E-state index >= 15 is 0 Å². The molecule has 2 heterocycles. The summed E-state index contributed by atoms with van der Waals surface area (Å²) < 4.78 is 16.8. The Morgan fingerprint density at radius 3 is 2.61 bits per heavy atom. The molecule has 2 N–H and O–H groups in total. The van der Waals surface area contributed by atoms with Crippen molar-refractivity contribution in [1.82, 2.24) is 10.6 Å². The number of hydrogen-bond acceptors (Lipinski definition) is 4. The lowest BCUT2D eigenvalue weighted by molar-refractivity contribution is 0.0513. The molecule has 0 radical (unpaired) electrons. The lowest BCUT2D eigenvalue weighted by Crippen LogP contribution is -2.50. The Morgan fingerprint density at radius 1 is 1.11 bits per heavy atom. The van der Waals surface area contributed by atoms with Gasteiger partial charge in [-0.3, -0.25) is 4.99 Å². The second kappa shape index (κ2) is 10.0. The van der Waals surface area contributed by atoms with Crippen LogP contribution < -0.4 is 20.1 Å². The van der Waals surface area contributed by atoms with Gasteiger partial charge in [0.1, 0.15) is 0 Å². The fourth-order valence-electron chi connectivity index (χ4n) is 4.44. The van der Waals surface area contributed by atoms with Crippen LogP contribution in [0.1, 0.15) is 50.5 Å². The van der Waals surface area contributed by atoms with Crippen LogP contribution in [-0.2, 0) is 10.2 Å². The molecule has 4 rings (SSSR count). The van der Waals surface area contributed by atoms with Crippen molar-refractivity contribution in [2.45, 2.75) is 56.4 Å². The predicted octanol–water partition coefficient (Wildman–Crippen LogP) is 3.58. The number of hydrogen-bond donors (Lipinski definition) is 2. The van der Waals surface area contributed by atoms with Gasteiger partial charge in [0.2, 0.25) is 6.79 Å². The van der Waals surface area contributed by atoms with Crippen LogP contribution in [0.2, 0.25) is 0 Å². The van der Waals surface area contributed by atoms with Gasteiger partial charge in [0, 0.05) is 38.3 Å². The standard InChI is InChI=1S/C21H31N3O3.HI/c1-22-20(24-17-5-3-2-4-6-17)23-14-21(9-11-25-12-10-21)16-7-8-18-19(13-16)27-15-26-18;/h7-8,13,17H,2-6,9-12,14-15H2,1H3,(H2,22,23,24);1H. The van der Waals surface area contributed by atoms with Crippen molar-refractivity contribution >= 4 is 29.9 Å². The molecule has 1 saturated carbocycles. The average molecular weight is 501 g/mol. The molecule has 156 valence electrons. The molecule has 1 aliphatic carbocycles. The summed E-state index contributed by atoms with van der Waals surface area (Å²) in [5.74, 6) is 2.60. The SMILES string of the molecule is CN=C(NCC1(c2ccc3c(c2)OCO3)CCOCC1)NC1CCCCC1.I. The van der Waals surface area contributed by atoms with Crippen molar-refractivity contribution < 1.29 is 14.2 Å². The van der Waals surface area contributed by atoms with E-state index in [1.165, 1.54) is 37.7 Å². The number of ether oxygens (including phenoxy) is 3. The number of halogens is 1. The summed E-state index contributed by atoms with van der Waals surface area (Å²) in [6.07, 6.45) is 8.43. The molecule has 7 heteroatoms. The second-order valence-electron chi connectivity index (χ2n) is 7.87. The summed E-state index contributed by atoms with van der Waals surface area (Å²) in [6.45, 7) is 2.71. The Morgan fingerprint density at radius 2 is 1.86 bits per heavy atom. The molecule has 0 amide bonds. The second-order valence-corrected chi connectivity index (χ2v) is 7.87. The number of fused-ring (bicyclic) bond motifs is 1. The van der Waals surface area contributed by atoms with E-state index in [9.17, 15) is 0 Å². The molecule has 3 aliphatic rings. The van der Waals surface area contributed by atoms with Gasteiger partial charge in [-0.05, 0) is 43.4 Å². The molecule has 2 aliphatic heterocycles. The minimum Gasteiger partial charge on any atom is -0.454 e. The Balaban J connectivity index is 0.00000225. The van der Waals surface area contributed by atoms with Gasteiger partial charge in [0.15, 0.2) is 17.5 Å². The molecule has 0 atom stereocenters. The van der Waals surface area contributed by atoms with Gasteiger partial charge in [-0.25, -0.2) is 0 Å². The Kier molecular flexibility index (Phi) is 7.68. The lowest BCUT2D eigenvalue weighted by atomic mass is 9.74. The quantitative estimate of drug-likeness (QED) is 0.375. The third kappa shape index (κ3) is 4.84. The van der Waals surface area contributed by atoms with Crippen molar-refractivity contribution in [3.05, 3.63) is 23.8 Å². The number of guanidine groups is 1. The van der Waals surface area contributed by atoms with Crippen LogP contribution in [-0.4, -0.2) is 45.6 Å². The summed E-state index contributed by atoms with van der Waals surface area (Å²) in [4.78, 5) is 4.47. The molecular weight excluding hydrogens is 469 g/mol. The zero-order chi connectivity index (χ0) is 18.5. The van der Waals surface area contributed by atoms with Gasteiger partial charge in [-0.2, -0.15) is 0 Å². The van der Waals surface area contributed by atoms with Gasteiger partial charge < -0.3 is 24.8 Å². The van der Waals surface area contributed by atoms with Gasteiger partial charge >= 0.3 is 0 Å². The minimum atomic E-state index is 0. The van der Waals surface area contributed by atoms with Crippen LogP contribution in [0.4, 0.5) is 0 Å². The first-order valence-corrected chi connectivity index (χ1v) is 10.2.